The Labute approximate surface area is 129 Å². The summed E-state index contributed by atoms with van der Waals surface area (Å²) in [5.41, 5.74) is 6.57. The first-order valence-corrected chi connectivity index (χ1v) is 7.49. The van der Waals surface area contributed by atoms with Crippen molar-refractivity contribution in [1.29, 1.82) is 0 Å². The minimum absolute atomic E-state index is 0.313. The normalized spacial score (nSPS) is 16.5. The summed E-state index contributed by atoms with van der Waals surface area (Å²) < 4.78 is 0. The van der Waals surface area contributed by atoms with Gasteiger partial charge in [0.05, 0.1) is 11.8 Å². The number of fused-ring (bicyclic) bond motifs is 1. The first-order valence-electron chi connectivity index (χ1n) is 7.49. The van der Waals surface area contributed by atoms with Crippen LogP contribution in [0.4, 0.5) is 0 Å². The predicted octanol–water partition coefficient (Wildman–Crippen LogP) is 3.79. The Kier molecular flexibility index (Phi) is 3.20. The van der Waals surface area contributed by atoms with Crippen LogP contribution in [0.5, 0.6) is 0 Å². The molecule has 3 heteroatoms. The molecule has 1 aliphatic rings. The molecule has 108 valence electrons. The average Bonchev–Trinajstić information content (AvgIpc) is 2.96. The molecule has 1 aliphatic carbocycles. The molecule has 2 aromatic heterocycles. The van der Waals surface area contributed by atoms with Gasteiger partial charge >= 0.3 is 0 Å². The van der Waals surface area contributed by atoms with E-state index in [9.17, 15) is 5.11 Å². The Morgan fingerprint density at radius 1 is 0.955 bits per heavy atom. The molecule has 0 bridgehead atoms. The van der Waals surface area contributed by atoms with E-state index < -0.39 is 0 Å². The highest BCUT2D eigenvalue weighted by atomic mass is 16.3. The van der Waals surface area contributed by atoms with Gasteiger partial charge in [-0.2, -0.15) is 0 Å². The summed E-state index contributed by atoms with van der Waals surface area (Å²) in [6.45, 7) is 0. The maximum Gasteiger partial charge on any atom is 0.0795 e. The van der Waals surface area contributed by atoms with Gasteiger partial charge in [0.2, 0.25) is 0 Å². The molecule has 4 rings (SSSR count). The monoisotopic (exact) mass is 288 g/mol. The van der Waals surface area contributed by atoms with E-state index in [2.05, 4.69) is 28.2 Å². The van der Waals surface area contributed by atoms with Crippen LogP contribution < -0.4 is 0 Å². The summed E-state index contributed by atoms with van der Waals surface area (Å²) in [5, 5.41) is 9.95. The van der Waals surface area contributed by atoms with Crippen molar-refractivity contribution in [3.8, 4) is 22.4 Å². The molecular weight excluding hydrogens is 272 g/mol. The van der Waals surface area contributed by atoms with E-state index in [1.807, 2.05) is 30.5 Å². The Bertz CT molecular complexity index is 815. The summed E-state index contributed by atoms with van der Waals surface area (Å²) in [4.78, 5) is 8.67. The number of benzene rings is 1. The molecule has 1 N–H and O–H groups in total. The van der Waals surface area contributed by atoms with Crippen LogP contribution in [-0.4, -0.2) is 15.1 Å². The summed E-state index contributed by atoms with van der Waals surface area (Å²) in [6.07, 6.45) is 6.85. The number of aliphatic hydroxyl groups is 1. The molecule has 3 nitrogen and oxygen atoms in total. The molecule has 0 radical (unpaired) electrons. The van der Waals surface area contributed by atoms with Crippen molar-refractivity contribution in [3.05, 3.63) is 72.2 Å². The number of aromatic nitrogens is 2. The number of aryl methyl sites for hydroxylation is 1. The smallest absolute Gasteiger partial charge is 0.0795 e. The Hall–Kier alpha value is -2.52. The molecule has 1 unspecified atom stereocenters. The van der Waals surface area contributed by atoms with Crippen LogP contribution in [-0.2, 0) is 6.42 Å². The number of rotatable bonds is 2. The molecule has 0 spiro atoms. The zero-order valence-electron chi connectivity index (χ0n) is 12.1. The second-order valence-corrected chi connectivity index (χ2v) is 5.60. The zero-order valence-corrected chi connectivity index (χ0v) is 12.1. The minimum atomic E-state index is -0.313. The average molecular weight is 288 g/mol. The Morgan fingerprint density at radius 3 is 2.68 bits per heavy atom. The SMILES string of the molecule is OC1CCc2cc(-c3ncccc3-c3ccncc3)ccc21. The van der Waals surface area contributed by atoms with Gasteiger partial charge in [-0.15, -0.1) is 0 Å². The van der Waals surface area contributed by atoms with Crippen molar-refractivity contribution in [3.63, 3.8) is 0 Å². The van der Waals surface area contributed by atoms with Gasteiger partial charge in [-0.3, -0.25) is 9.97 Å². The van der Waals surface area contributed by atoms with Crippen molar-refractivity contribution in [1.82, 2.24) is 9.97 Å². The van der Waals surface area contributed by atoms with E-state index in [-0.39, 0.29) is 6.10 Å². The molecule has 0 amide bonds. The maximum atomic E-state index is 9.95. The third-order valence-electron chi connectivity index (χ3n) is 4.26. The third kappa shape index (κ3) is 2.20. The highest BCUT2D eigenvalue weighted by Crippen LogP contribution is 2.36. The van der Waals surface area contributed by atoms with Gasteiger partial charge in [0.1, 0.15) is 0 Å². The standard InChI is InChI=1S/C19H16N2O/c22-18-6-4-14-12-15(3-5-16(14)18)19-17(2-1-9-21-19)13-7-10-20-11-8-13/h1-3,5,7-12,18,22H,4,6H2. The molecule has 22 heavy (non-hydrogen) atoms. The van der Waals surface area contributed by atoms with E-state index in [0.29, 0.717) is 0 Å². The van der Waals surface area contributed by atoms with Crippen molar-refractivity contribution < 1.29 is 5.11 Å². The number of nitrogens with zero attached hydrogens (tertiary/aromatic N) is 2. The van der Waals surface area contributed by atoms with Gasteiger partial charge in [-0.05, 0) is 53.8 Å². The highest BCUT2D eigenvalue weighted by molar-refractivity contribution is 5.80. The lowest BCUT2D eigenvalue weighted by Gasteiger charge is -2.11. The Balaban J connectivity index is 1.84. The molecule has 0 fully saturated rings. The fourth-order valence-electron chi connectivity index (χ4n) is 3.14. The fourth-order valence-corrected chi connectivity index (χ4v) is 3.14. The van der Waals surface area contributed by atoms with Crippen molar-refractivity contribution in [2.24, 2.45) is 0 Å². The van der Waals surface area contributed by atoms with Crippen LogP contribution in [0.3, 0.4) is 0 Å². The van der Waals surface area contributed by atoms with Crippen LogP contribution in [0.2, 0.25) is 0 Å². The van der Waals surface area contributed by atoms with Crippen LogP contribution in [0, 0.1) is 0 Å². The van der Waals surface area contributed by atoms with E-state index in [0.717, 1.165) is 40.8 Å². The molecular formula is C19H16N2O. The molecule has 3 aromatic rings. The van der Waals surface area contributed by atoms with Gasteiger partial charge in [0.15, 0.2) is 0 Å². The quantitative estimate of drug-likeness (QED) is 0.780. The predicted molar refractivity (Wildman–Crippen MR) is 86.2 cm³/mol. The van der Waals surface area contributed by atoms with Gasteiger partial charge in [-0.25, -0.2) is 0 Å². The zero-order chi connectivity index (χ0) is 14.9. The number of pyridine rings is 2. The molecule has 2 heterocycles. The number of hydrogen-bond acceptors (Lipinski definition) is 3. The second kappa shape index (κ2) is 5.35. The van der Waals surface area contributed by atoms with Gasteiger partial charge in [0.25, 0.3) is 0 Å². The van der Waals surface area contributed by atoms with Crippen molar-refractivity contribution in [2.75, 3.05) is 0 Å². The second-order valence-electron chi connectivity index (χ2n) is 5.60. The van der Waals surface area contributed by atoms with Crippen molar-refractivity contribution in [2.45, 2.75) is 18.9 Å². The highest BCUT2D eigenvalue weighted by Gasteiger charge is 2.21. The maximum absolute atomic E-state index is 9.95. The van der Waals surface area contributed by atoms with E-state index in [1.165, 1.54) is 5.56 Å². The van der Waals surface area contributed by atoms with Crippen LogP contribution in [0.25, 0.3) is 22.4 Å². The van der Waals surface area contributed by atoms with Gasteiger partial charge in [0, 0.05) is 29.7 Å². The third-order valence-corrected chi connectivity index (χ3v) is 4.26. The molecule has 0 saturated heterocycles. The minimum Gasteiger partial charge on any atom is -0.388 e. The van der Waals surface area contributed by atoms with Crippen LogP contribution >= 0.6 is 0 Å². The summed E-state index contributed by atoms with van der Waals surface area (Å²) in [7, 11) is 0. The van der Waals surface area contributed by atoms with E-state index in [1.54, 1.807) is 12.4 Å². The molecule has 1 atom stereocenters. The topological polar surface area (TPSA) is 46.0 Å². The lowest BCUT2D eigenvalue weighted by Crippen LogP contribution is -1.93. The summed E-state index contributed by atoms with van der Waals surface area (Å²) >= 11 is 0. The first kappa shape index (κ1) is 13.2. The van der Waals surface area contributed by atoms with E-state index in [4.69, 9.17) is 0 Å². The lowest BCUT2D eigenvalue weighted by molar-refractivity contribution is 0.180. The molecule has 1 aromatic carbocycles. The van der Waals surface area contributed by atoms with E-state index >= 15 is 0 Å². The number of aliphatic hydroxyl groups excluding tert-OH is 1. The fraction of sp³-hybridized carbons (Fsp3) is 0.158. The largest absolute Gasteiger partial charge is 0.388 e. The van der Waals surface area contributed by atoms with Gasteiger partial charge < -0.3 is 5.11 Å². The van der Waals surface area contributed by atoms with Crippen LogP contribution in [0.1, 0.15) is 23.7 Å². The first-order chi connectivity index (χ1) is 10.8. The molecule has 0 aliphatic heterocycles. The van der Waals surface area contributed by atoms with Gasteiger partial charge in [-0.1, -0.05) is 18.2 Å². The number of hydrogen-bond donors (Lipinski definition) is 1. The summed E-state index contributed by atoms with van der Waals surface area (Å²) in [5.74, 6) is 0. The summed E-state index contributed by atoms with van der Waals surface area (Å²) in [6, 6.07) is 14.3. The molecule has 0 saturated carbocycles. The van der Waals surface area contributed by atoms with Crippen LogP contribution in [0.15, 0.2) is 61.1 Å². The van der Waals surface area contributed by atoms with Crippen molar-refractivity contribution >= 4 is 0 Å². The lowest BCUT2D eigenvalue weighted by atomic mass is 9.97. The Morgan fingerprint density at radius 2 is 1.82 bits per heavy atom.